The summed E-state index contributed by atoms with van der Waals surface area (Å²) in [7, 11) is 0. The summed E-state index contributed by atoms with van der Waals surface area (Å²) in [5.74, 6) is 1.06. The Hall–Kier alpha value is -3.52. The number of rotatable bonds is 7. The van der Waals surface area contributed by atoms with E-state index in [9.17, 15) is 4.79 Å². The predicted molar refractivity (Wildman–Crippen MR) is 118 cm³/mol. The molecule has 160 valence electrons. The number of benzene rings is 1. The zero-order valence-corrected chi connectivity index (χ0v) is 17.5. The molecular weight excluding hydrogens is 394 g/mol. The van der Waals surface area contributed by atoms with Gasteiger partial charge in [0.1, 0.15) is 5.82 Å². The number of nitrogens with one attached hydrogen (secondary N) is 1. The molecule has 3 aromatic rings. The van der Waals surface area contributed by atoms with Gasteiger partial charge in [0.2, 0.25) is 11.8 Å². The van der Waals surface area contributed by atoms with Crippen molar-refractivity contribution >= 4 is 17.7 Å². The Labute approximate surface area is 181 Å². The summed E-state index contributed by atoms with van der Waals surface area (Å²) in [4.78, 5) is 28.0. The second-order valence-electron chi connectivity index (χ2n) is 7.23. The molecule has 1 aliphatic rings. The van der Waals surface area contributed by atoms with Crippen molar-refractivity contribution in [3.63, 3.8) is 0 Å². The van der Waals surface area contributed by atoms with E-state index in [4.69, 9.17) is 9.47 Å². The summed E-state index contributed by atoms with van der Waals surface area (Å²) in [6.07, 6.45) is 2.41. The molecule has 1 fully saturated rings. The van der Waals surface area contributed by atoms with Crippen molar-refractivity contribution < 1.29 is 14.3 Å². The molecule has 0 atom stereocenters. The minimum Gasteiger partial charge on any atom is -0.477 e. The molecule has 0 radical (unpaired) electrons. The summed E-state index contributed by atoms with van der Waals surface area (Å²) in [5, 5.41) is 2.80. The van der Waals surface area contributed by atoms with Crippen molar-refractivity contribution in [2.75, 3.05) is 43.1 Å². The second kappa shape index (κ2) is 9.99. The molecule has 8 nitrogen and oxygen atoms in total. The third-order valence-electron chi connectivity index (χ3n) is 4.86. The first kappa shape index (κ1) is 20.7. The van der Waals surface area contributed by atoms with Crippen LogP contribution in [0.2, 0.25) is 0 Å². The topological polar surface area (TPSA) is 89.5 Å². The van der Waals surface area contributed by atoms with E-state index in [2.05, 4.69) is 25.2 Å². The maximum atomic E-state index is 12.7. The van der Waals surface area contributed by atoms with Gasteiger partial charge < -0.3 is 14.4 Å². The average Bonchev–Trinajstić information content (AvgIpc) is 2.80. The fourth-order valence-electron chi connectivity index (χ4n) is 3.26. The Morgan fingerprint density at radius 1 is 1.13 bits per heavy atom. The van der Waals surface area contributed by atoms with Crippen LogP contribution in [0, 0.1) is 6.92 Å². The molecule has 3 heterocycles. The lowest BCUT2D eigenvalue weighted by atomic mass is 10.1. The highest BCUT2D eigenvalue weighted by molar-refractivity contribution is 6.03. The number of aryl methyl sites for hydroxylation is 1. The highest BCUT2D eigenvalue weighted by atomic mass is 16.5. The van der Waals surface area contributed by atoms with Gasteiger partial charge in [-0.05, 0) is 31.2 Å². The molecule has 0 spiro atoms. The zero-order valence-electron chi connectivity index (χ0n) is 17.5. The molecule has 0 saturated carbocycles. The maximum Gasteiger partial charge on any atom is 0.258 e. The number of nitrogens with zero attached hydrogens (tertiary/aromatic N) is 4. The highest BCUT2D eigenvalue weighted by Gasteiger charge is 2.17. The fourth-order valence-corrected chi connectivity index (χ4v) is 3.26. The van der Waals surface area contributed by atoms with Gasteiger partial charge in [-0.2, -0.15) is 9.97 Å². The lowest BCUT2D eigenvalue weighted by molar-refractivity contribution is 0.102. The molecule has 8 heteroatoms. The Morgan fingerprint density at radius 3 is 2.77 bits per heavy atom. The summed E-state index contributed by atoms with van der Waals surface area (Å²) >= 11 is 0. The average molecular weight is 419 g/mol. The first-order chi connectivity index (χ1) is 15.2. The van der Waals surface area contributed by atoms with Crippen molar-refractivity contribution in [3.8, 4) is 5.88 Å². The van der Waals surface area contributed by atoms with Gasteiger partial charge in [-0.3, -0.25) is 15.1 Å². The van der Waals surface area contributed by atoms with E-state index in [-0.39, 0.29) is 11.9 Å². The molecular formula is C23H25N5O3. The van der Waals surface area contributed by atoms with Crippen LogP contribution in [0.3, 0.4) is 0 Å². The van der Waals surface area contributed by atoms with E-state index in [1.807, 2.05) is 43.3 Å². The maximum absolute atomic E-state index is 12.7. The van der Waals surface area contributed by atoms with Gasteiger partial charge in [-0.25, -0.2) is 0 Å². The van der Waals surface area contributed by atoms with Crippen LogP contribution in [-0.2, 0) is 11.2 Å². The van der Waals surface area contributed by atoms with E-state index in [0.717, 1.165) is 24.3 Å². The van der Waals surface area contributed by atoms with Crippen LogP contribution in [0.15, 0.2) is 54.7 Å². The highest BCUT2D eigenvalue weighted by Crippen LogP contribution is 2.21. The number of carbonyl (C=O) groups excluding carboxylic acids is 1. The fraction of sp³-hybridized carbons (Fsp3) is 0.304. The van der Waals surface area contributed by atoms with E-state index in [1.165, 1.54) is 0 Å². The van der Waals surface area contributed by atoms with Crippen molar-refractivity contribution in [2.45, 2.75) is 13.3 Å². The van der Waals surface area contributed by atoms with Gasteiger partial charge >= 0.3 is 0 Å². The molecule has 1 aromatic carbocycles. The number of carbonyl (C=O) groups is 1. The Morgan fingerprint density at radius 2 is 2.00 bits per heavy atom. The molecule has 0 bridgehead atoms. The molecule has 1 amide bonds. The number of hydrogen-bond donors (Lipinski definition) is 1. The summed E-state index contributed by atoms with van der Waals surface area (Å²) in [6, 6.07) is 15.0. The molecule has 4 rings (SSSR count). The standard InChI is InChI=1S/C23H25N5O3/c1-17-5-4-6-18(15-17)22(29)27-23-25-20(28-10-13-30-14-11-28)16-21(26-23)31-12-8-19-7-2-3-9-24-19/h2-7,9,15-16H,8,10-14H2,1H3,(H,25,26,27,29). The lowest BCUT2D eigenvalue weighted by Gasteiger charge is -2.28. The number of pyridine rings is 1. The zero-order chi connectivity index (χ0) is 21.5. The number of aromatic nitrogens is 3. The van der Waals surface area contributed by atoms with Crippen molar-refractivity contribution in [2.24, 2.45) is 0 Å². The normalized spacial score (nSPS) is 13.6. The minimum atomic E-state index is -0.262. The third kappa shape index (κ3) is 5.76. The SMILES string of the molecule is Cc1cccc(C(=O)Nc2nc(OCCc3ccccn3)cc(N3CCOCC3)n2)c1. The smallest absolute Gasteiger partial charge is 0.258 e. The van der Waals surface area contributed by atoms with Gasteiger partial charge in [0.25, 0.3) is 5.91 Å². The summed E-state index contributed by atoms with van der Waals surface area (Å²) < 4.78 is 11.3. The van der Waals surface area contributed by atoms with Crippen LogP contribution in [0.25, 0.3) is 0 Å². The lowest BCUT2D eigenvalue weighted by Crippen LogP contribution is -2.37. The number of ether oxygens (including phenoxy) is 2. The van der Waals surface area contributed by atoms with Crippen LogP contribution in [-0.4, -0.2) is 53.8 Å². The van der Waals surface area contributed by atoms with Gasteiger partial charge in [-0.15, -0.1) is 0 Å². The number of anilines is 2. The van der Waals surface area contributed by atoms with E-state index in [0.29, 0.717) is 43.5 Å². The molecule has 0 aliphatic carbocycles. The van der Waals surface area contributed by atoms with Crippen LogP contribution < -0.4 is 15.0 Å². The van der Waals surface area contributed by atoms with E-state index in [1.54, 1.807) is 18.3 Å². The van der Waals surface area contributed by atoms with Crippen LogP contribution >= 0.6 is 0 Å². The van der Waals surface area contributed by atoms with E-state index < -0.39 is 0 Å². The van der Waals surface area contributed by atoms with Crippen molar-refractivity contribution in [3.05, 3.63) is 71.5 Å². The summed E-state index contributed by atoms with van der Waals surface area (Å²) in [6.45, 7) is 5.06. The van der Waals surface area contributed by atoms with Crippen LogP contribution in [0.4, 0.5) is 11.8 Å². The molecule has 1 saturated heterocycles. The predicted octanol–water partition coefficient (Wildman–Crippen LogP) is 2.89. The molecule has 2 aromatic heterocycles. The first-order valence-electron chi connectivity index (χ1n) is 10.3. The molecule has 31 heavy (non-hydrogen) atoms. The minimum absolute atomic E-state index is 0.211. The quantitative estimate of drug-likeness (QED) is 0.630. The molecule has 1 aliphatic heterocycles. The largest absolute Gasteiger partial charge is 0.477 e. The number of hydrogen-bond acceptors (Lipinski definition) is 7. The first-order valence-corrected chi connectivity index (χ1v) is 10.3. The molecule has 0 unspecified atom stereocenters. The van der Waals surface area contributed by atoms with Gasteiger partial charge in [0.15, 0.2) is 0 Å². The third-order valence-corrected chi connectivity index (χ3v) is 4.86. The van der Waals surface area contributed by atoms with Crippen molar-refractivity contribution in [1.29, 1.82) is 0 Å². The second-order valence-corrected chi connectivity index (χ2v) is 7.23. The van der Waals surface area contributed by atoms with Crippen LogP contribution in [0.1, 0.15) is 21.6 Å². The van der Waals surface area contributed by atoms with Gasteiger partial charge in [0.05, 0.1) is 19.8 Å². The monoisotopic (exact) mass is 419 g/mol. The van der Waals surface area contributed by atoms with Gasteiger partial charge in [0, 0.05) is 43.0 Å². The Bertz CT molecular complexity index is 1020. The number of amides is 1. The number of morpholine rings is 1. The Balaban J connectivity index is 1.51. The van der Waals surface area contributed by atoms with Crippen LogP contribution in [0.5, 0.6) is 5.88 Å². The summed E-state index contributed by atoms with van der Waals surface area (Å²) in [5.41, 5.74) is 2.50. The van der Waals surface area contributed by atoms with Crippen molar-refractivity contribution in [1.82, 2.24) is 15.0 Å². The van der Waals surface area contributed by atoms with E-state index >= 15 is 0 Å². The Kier molecular flexibility index (Phi) is 6.68. The molecule has 1 N–H and O–H groups in total. The van der Waals surface area contributed by atoms with Gasteiger partial charge in [-0.1, -0.05) is 23.8 Å².